The van der Waals surface area contributed by atoms with Crippen molar-refractivity contribution in [3.63, 3.8) is 0 Å². The number of phenols is 1. The normalized spacial score (nSPS) is 20.6. The van der Waals surface area contributed by atoms with Gasteiger partial charge in [-0.05, 0) is 48.7 Å². The first-order valence-electron chi connectivity index (χ1n) is 8.13. The predicted octanol–water partition coefficient (Wildman–Crippen LogP) is 3.31. The van der Waals surface area contributed by atoms with Crippen molar-refractivity contribution < 1.29 is 19.0 Å². The maximum absolute atomic E-state index is 13.1. The van der Waals surface area contributed by atoms with Gasteiger partial charge >= 0.3 is 0 Å². The molecule has 1 fully saturated rings. The zero-order valence-electron chi connectivity index (χ0n) is 13.7. The van der Waals surface area contributed by atoms with Crippen LogP contribution in [-0.2, 0) is 0 Å². The monoisotopic (exact) mass is 331 g/mol. The van der Waals surface area contributed by atoms with Crippen molar-refractivity contribution >= 4 is 0 Å². The quantitative estimate of drug-likeness (QED) is 0.882. The highest BCUT2D eigenvalue weighted by molar-refractivity contribution is 5.44. The molecule has 1 aliphatic rings. The second-order valence-electron chi connectivity index (χ2n) is 6.06. The third kappa shape index (κ3) is 3.79. The molecule has 24 heavy (non-hydrogen) atoms. The van der Waals surface area contributed by atoms with Crippen LogP contribution in [0.4, 0.5) is 4.39 Å². The lowest BCUT2D eigenvalue weighted by Gasteiger charge is -2.32. The van der Waals surface area contributed by atoms with E-state index in [4.69, 9.17) is 9.47 Å². The summed E-state index contributed by atoms with van der Waals surface area (Å²) in [4.78, 5) is 0. The molecule has 0 aromatic heterocycles. The van der Waals surface area contributed by atoms with Gasteiger partial charge in [-0.3, -0.25) is 0 Å². The van der Waals surface area contributed by atoms with Crippen molar-refractivity contribution in [3.05, 3.63) is 53.8 Å². The second kappa shape index (κ2) is 7.53. The minimum atomic E-state index is -0.214. The van der Waals surface area contributed by atoms with Gasteiger partial charge in [-0.1, -0.05) is 12.1 Å². The molecule has 0 saturated carbocycles. The van der Waals surface area contributed by atoms with Gasteiger partial charge in [0.05, 0.1) is 13.7 Å². The van der Waals surface area contributed by atoms with Gasteiger partial charge in [0.2, 0.25) is 0 Å². The Balaban J connectivity index is 1.68. The van der Waals surface area contributed by atoms with Crippen LogP contribution in [0.5, 0.6) is 17.2 Å². The molecule has 1 saturated heterocycles. The number of phenolic OH excluding ortho intramolecular Hbond substituents is 1. The molecule has 0 aliphatic carbocycles. The Labute approximate surface area is 141 Å². The van der Waals surface area contributed by atoms with Gasteiger partial charge in [-0.25, -0.2) is 4.39 Å². The van der Waals surface area contributed by atoms with Crippen LogP contribution in [0.1, 0.15) is 17.9 Å². The van der Waals surface area contributed by atoms with Gasteiger partial charge in [0.25, 0.3) is 0 Å². The third-order valence-electron chi connectivity index (χ3n) is 4.52. The number of hydrogen-bond donors (Lipinski definition) is 2. The third-order valence-corrected chi connectivity index (χ3v) is 4.52. The van der Waals surface area contributed by atoms with Crippen LogP contribution in [0, 0.1) is 11.7 Å². The molecule has 2 atom stereocenters. The number of hydrogen-bond acceptors (Lipinski definition) is 4. The summed E-state index contributed by atoms with van der Waals surface area (Å²) >= 11 is 0. The number of methoxy groups -OCH3 is 1. The van der Waals surface area contributed by atoms with Crippen molar-refractivity contribution in [3.8, 4) is 17.2 Å². The Morgan fingerprint density at radius 3 is 2.71 bits per heavy atom. The highest BCUT2D eigenvalue weighted by Crippen LogP contribution is 2.33. The molecule has 128 valence electrons. The van der Waals surface area contributed by atoms with E-state index in [0.717, 1.165) is 25.1 Å². The van der Waals surface area contributed by atoms with Crippen LogP contribution in [0.3, 0.4) is 0 Å². The van der Waals surface area contributed by atoms with Crippen LogP contribution >= 0.6 is 0 Å². The first-order chi connectivity index (χ1) is 11.7. The minimum absolute atomic E-state index is 0.0619. The molecular formula is C19H22FNO3. The molecule has 0 bridgehead atoms. The number of rotatable bonds is 5. The summed E-state index contributed by atoms with van der Waals surface area (Å²) in [5.41, 5.74) is 1.14. The molecule has 4 nitrogen and oxygen atoms in total. The summed E-state index contributed by atoms with van der Waals surface area (Å²) in [6.45, 7) is 2.33. The Bertz CT molecular complexity index is 675. The summed E-state index contributed by atoms with van der Waals surface area (Å²) in [7, 11) is 1.51. The van der Waals surface area contributed by atoms with E-state index in [9.17, 15) is 9.50 Å². The maximum atomic E-state index is 13.1. The lowest BCUT2D eigenvalue weighted by molar-refractivity contribution is 0.196. The second-order valence-corrected chi connectivity index (χ2v) is 6.06. The first-order valence-corrected chi connectivity index (χ1v) is 8.13. The zero-order valence-corrected chi connectivity index (χ0v) is 13.7. The number of nitrogens with one attached hydrogen (secondary N) is 1. The molecule has 0 radical (unpaired) electrons. The van der Waals surface area contributed by atoms with E-state index in [0.29, 0.717) is 24.0 Å². The summed E-state index contributed by atoms with van der Waals surface area (Å²) in [5, 5.41) is 13.2. The molecule has 0 amide bonds. The topological polar surface area (TPSA) is 50.7 Å². The Morgan fingerprint density at radius 2 is 2.00 bits per heavy atom. The van der Waals surface area contributed by atoms with Gasteiger partial charge in [-0.15, -0.1) is 0 Å². The number of benzene rings is 2. The molecule has 2 N–H and O–H groups in total. The SMILES string of the molecule is COc1ccc(OC[C@@H]2CNCC[C@H]2c2ccc(F)cc2)cc1O. The van der Waals surface area contributed by atoms with Crippen molar-refractivity contribution in [1.29, 1.82) is 0 Å². The van der Waals surface area contributed by atoms with Crippen LogP contribution in [0.2, 0.25) is 0 Å². The van der Waals surface area contributed by atoms with Crippen molar-refractivity contribution in [1.82, 2.24) is 5.32 Å². The van der Waals surface area contributed by atoms with Crippen LogP contribution in [0.25, 0.3) is 0 Å². The van der Waals surface area contributed by atoms with E-state index >= 15 is 0 Å². The highest BCUT2D eigenvalue weighted by Gasteiger charge is 2.27. The number of aromatic hydroxyl groups is 1. The maximum Gasteiger partial charge on any atom is 0.161 e. The van der Waals surface area contributed by atoms with Gasteiger partial charge in [0, 0.05) is 18.5 Å². The molecule has 1 heterocycles. The first kappa shape index (κ1) is 16.6. The number of piperidine rings is 1. The minimum Gasteiger partial charge on any atom is -0.504 e. The fourth-order valence-corrected chi connectivity index (χ4v) is 3.21. The molecule has 3 rings (SSSR count). The lowest BCUT2D eigenvalue weighted by atomic mass is 9.81. The van der Waals surface area contributed by atoms with Crippen LogP contribution in [-0.4, -0.2) is 31.9 Å². The summed E-state index contributed by atoms with van der Waals surface area (Å²) in [6.07, 6.45) is 0.994. The summed E-state index contributed by atoms with van der Waals surface area (Å²) in [5.74, 6) is 1.50. The molecule has 5 heteroatoms. The highest BCUT2D eigenvalue weighted by atomic mass is 19.1. The van der Waals surface area contributed by atoms with E-state index in [1.165, 1.54) is 19.2 Å². The number of halogens is 1. The fraction of sp³-hybridized carbons (Fsp3) is 0.368. The average Bonchev–Trinajstić information content (AvgIpc) is 2.61. The van der Waals surface area contributed by atoms with E-state index < -0.39 is 0 Å². The average molecular weight is 331 g/mol. The molecule has 2 aromatic carbocycles. The summed E-state index contributed by atoms with van der Waals surface area (Å²) < 4.78 is 24.1. The van der Waals surface area contributed by atoms with Crippen molar-refractivity contribution in [2.24, 2.45) is 5.92 Å². The molecule has 2 aromatic rings. The summed E-state index contributed by atoms with van der Waals surface area (Å²) in [6, 6.07) is 11.8. The van der Waals surface area contributed by atoms with Gasteiger partial charge in [-0.2, -0.15) is 0 Å². The Morgan fingerprint density at radius 1 is 1.21 bits per heavy atom. The standard InChI is InChI=1S/C19H22FNO3/c1-23-19-7-6-16(10-18(19)22)24-12-14-11-21-9-8-17(14)13-2-4-15(20)5-3-13/h2-7,10,14,17,21-22H,8-9,11-12H2,1H3/t14-,17-/m0/s1. The zero-order chi connectivity index (χ0) is 16.9. The van der Waals surface area contributed by atoms with Crippen LogP contribution in [0.15, 0.2) is 42.5 Å². The lowest BCUT2D eigenvalue weighted by Crippen LogP contribution is -2.38. The Hall–Kier alpha value is -2.27. The number of ether oxygens (including phenoxy) is 2. The van der Waals surface area contributed by atoms with Gasteiger partial charge in [0.15, 0.2) is 11.5 Å². The smallest absolute Gasteiger partial charge is 0.161 e. The largest absolute Gasteiger partial charge is 0.504 e. The molecule has 1 aliphatic heterocycles. The predicted molar refractivity (Wildman–Crippen MR) is 90.3 cm³/mol. The fourth-order valence-electron chi connectivity index (χ4n) is 3.21. The van der Waals surface area contributed by atoms with Gasteiger partial charge < -0.3 is 19.9 Å². The van der Waals surface area contributed by atoms with E-state index in [-0.39, 0.29) is 17.5 Å². The van der Waals surface area contributed by atoms with E-state index in [1.54, 1.807) is 18.2 Å². The Kier molecular flexibility index (Phi) is 5.20. The van der Waals surface area contributed by atoms with Crippen molar-refractivity contribution in [2.75, 3.05) is 26.8 Å². The van der Waals surface area contributed by atoms with Crippen molar-refractivity contribution in [2.45, 2.75) is 12.3 Å². The van der Waals surface area contributed by atoms with E-state index in [1.807, 2.05) is 12.1 Å². The van der Waals surface area contributed by atoms with E-state index in [2.05, 4.69) is 5.32 Å². The molecular weight excluding hydrogens is 309 g/mol. The van der Waals surface area contributed by atoms with Gasteiger partial charge in [0.1, 0.15) is 11.6 Å². The van der Waals surface area contributed by atoms with Crippen LogP contribution < -0.4 is 14.8 Å². The molecule has 0 spiro atoms. The molecule has 0 unspecified atom stereocenters.